The van der Waals surface area contributed by atoms with E-state index in [1.165, 1.54) is 0 Å². The third-order valence-corrected chi connectivity index (χ3v) is 28.9. The van der Waals surface area contributed by atoms with Crippen LogP contribution in [0.3, 0.4) is 0 Å². The number of allylic oxidation sites excluding steroid dienone is 8. The Morgan fingerprint density at radius 1 is 0.554 bits per heavy atom. The maximum absolute atomic E-state index is 14.3. The lowest BCUT2D eigenvalue weighted by Gasteiger charge is -2.70. The Morgan fingerprint density at radius 3 is 1.41 bits per heavy atom. The van der Waals surface area contributed by atoms with Crippen LogP contribution in [0.5, 0.6) is 34.5 Å². The zero-order chi connectivity index (χ0) is 72.0. The molecule has 4 aromatic carbocycles. The van der Waals surface area contributed by atoms with E-state index >= 15 is 0 Å². The Kier molecular flexibility index (Phi) is 17.7. The summed E-state index contributed by atoms with van der Waals surface area (Å²) in [6.07, 6.45) is 16.0. The standard InChI is InChI=1S/C40H46ClN3O6.C24H34O4.C17H16ClN3O2/c1-36-13-10-27(46)19-24(36)9-12-37(2)32-11-14-40(49,38(32,3)22-33(47)39(36,37)4)34(48)23-43-15-17-44(18-16-43)35-28-20-25(41)5-7-30(28)50-31-8-6-26(45)21-29(31)42-35;1-6-18(26)24(28)12-9-17-21(3)10-7-15-13-16(25)8-11-20(15,2)23(21,5)19(27)14-22(17,24)4;18-11-1-3-15-13(9-11)17(21-7-5-19-6-8-21)20-14-10-12(22)2-4-16(14)23-15/h5-8,10,13,19-21,32-33,45,47,49H,9,11-12,14-18,22-23H2,1-4H3;8,11,13,17,19,27-28H,6-7,9-10,12,14H2,1-5H3;1-4,9-10,19,22H,5-8H2/t32-,33-,36-,37-,38-,39+,40-;17-,19-,20-,21-,22-,23+,24-;/m00./s1. The number of carbonyl (C=O) groups is 4. The van der Waals surface area contributed by atoms with Gasteiger partial charge in [-0.3, -0.25) is 24.1 Å². The number of hydrogen-bond acceptors (Lipinski definition) is 18. The second-order valence-corrected chi connectivity index (χ2v) is 33.4. The van der Waals surface area contributed by atoms with Crippen molar-refractivity contribution in [3.8, 4) is 34.5 Å². The van der Waals surface area contributed by atoms with Gasteiger partial charge in [0, 0.05) is 113 Å². The molecule has 101 heavy (non-hydrogen) atoms. The van der Waals surface area contributed by atoms with E-state index in [4.69, 9.17) is 42.7 Å². The van der Waals surface area contributed by atoms with Crippen LogP contribution in [0.1, 0.15) is 144 Å². The van der Waals surface area contributed by atoms with Crippen LogP contribution in [0, 0.1) is 55.2 Å². The summed E-state index contributed by atoms with van der Waals surface area (Å²) in [6, 6.07) is 20.8. The maximum Gasteiger partial charge on any atom is 0.178 e. The third-order valence-electron chi connectivity index (χ3n) is 28.5. The molecular formula is C81H96Cl2N6O12. The van der Waals surface area contributed by atoms with E-state index in [1.807, 2.05) is 57.2 Å². The van der Waals surface area contributed by atoms with Crippen molar-refractivity contribution in [1.82, 2.24) is 20.0 Å². The van der Waals surface area contributed by atoms with Crippen molar-refractivity contribution in [2.24, 2.45) is 65.1 Å². The van der Waals surface area contributed by atoms with Gasteiger partial charge in [0.1, 0.15) is 57.2 Å². The van der Waals surface area contributed by atoms with Crippen molar-refractivity contribution in [3.05, 3.63) is 142 Å². The Labute approximate surface area is 601 Å². The highest BCUT2D eigenvalue weighted by Crippen LogP contribution is 2.79. The van der Waals surface area contributed by atoms with Crippen molar-refractivity contribution >= 4 is 69.4 Å². The number of fused-ring (bicyclic) bond motifs is 14. The number of nitrogens with zero attached hydrogens (tertiary/aromatic N) is 5. The summed E-state index contributed by atoms with van der Waals surface area (Å²) < 4.78 is 12.2. The van der Waals surface area contributed by atoms with Gasteiger partial charge in [-0.15, -0.1) is 0 Å². The fourth-order valence-corrected chi connectivity index (χ4v) is 22.4. The summed E-state index contributed by atoms with van der Waals surface area (Å²) >= 11 is 12.6. The first-order valence-electron chi connectivity index (χ1n) is 36.2. The highest BCUT2D eigenvalue weighted by Gasteiger charge is 2.77. The first-order chi connectivity index (χ1) is 47.7. The average molecular weight is 1420 g/mol. The van der Waals surface area contributed by atoms with Gasteiger partial charge in [-0.25, -0.2) is 9.98 Å². The molecule has 8 aliphatic carbocycles. The number of phenols is 2. The second-order valence-electron chi connectivity index (χ2n) is 32.5. The summed E-state index contributed by atoms with van der Waals surface area (Å²) in [5.74, 6) is 4.20. The molecule has 0 spiro atoms. The van der Waals surface area contributed by atoms with Gasteiger partial charge < -0.3 is 55.2 Å². The quantitative estimate of drug-likeness (QED) is 0.0980. The van der Waals surface area contributed by atoms with Crippen LogP contribution >= 0.6 is 23.2 Å². The van der Waals surface area contributed by atoms with Crippen molar-refractivity contribution < 1.29 is 59.3 Å². The lowest BCUT2D eigenvalue weighted by molar-refractivity contribution is -0.242. The predicted octanol–water partition coefficient (Wildman–Crippen LogP) is 13.1. The summed E-state index contributed by atoms with van der Waals surface area (Å²) in [4.78, 5) is 67.7. The molecule has 0 amide bonds. The molecule has 14 atom stereocenters. The van der Waals surface area contributed by atoms with E-state index < -0.39 is 55.9 Å². The Morgan fingerprint density at radius 2 is 0.970 bits per heavy atom. The minimum absolute atomic E-state index is 0.00225. The molecule has 4 aromatic rings. The van der Waals surface area contributed by atoms with Crippen molar-refractivity contribution in [3.63, 3.8) is 0 Å². The van der Waals surface area contributed by atoms with Crippen LogP contribution < -0.4 is 14.8 Å². The van der Waals surface area contributed by atoms with Gasteiger partial charge in [-0.2, -0.15) is 0 Å². The molecule has 12 aliphatic rings. The van der Waals surface area contributed by atoms with Crippen molar-refractivity contribution in [1.29, 1.82) is 0 Å². The molecular weight excluding hydrogens is 1320 g/mol. The molecule has 16 rings (SSSR count). The number of aliphatic imine (C=N–C) groups is 2. The van der Waals surface area contributed by atoms with E-state index in [2.05, 4.69) is 61.6 Å². The number of amidine groups is 2. The lowest BCUT2D eigenvalue weighted by Crippen LogP contribution is -2.70. The number of nitrogens with one attached hydrogen (secondary N) is 1. The predicted molar refractivity (Wildman–Crippen MR) is 389 cm³/mol. The number of piperazine rings is 2. The van der Waals surface area contributed by atoms with E-state index in [9.17, 15) is 49.8 Å². The van der Waals surface area contributed by atoms with Gasteiger partial charge in [0.25, 0.3) is 0 Å². The number of Topliss-reactive ketones (excluding diaryl/α,β-unsaturated/α-hetero) is 2. The Bertz CT molecular complexity index is 4310. The van der Waals surface area contributed by atoms with Crippen molar-refractivity contribution in [2.75, 3.05) is 58.9 Å². The molecule has 6 saturated carbocycles. The molecule has 20 heteroatoms. The van der Waals surface area contributed by atoms with E-state index in [0.717, 1.165) is 92.1 Å². The highest BCUT2D eigenvalue weighted by molar-refractivity contribution is 6.31. The number of halogens is 2. The molecule has 18 nitrogen and oxygen atoms in total. The summed E-state index contributed by atoms with van der Waals surface area (Å²) in [6.45, 7) is 25.0. The fraction of sp³-hybridized carbons (Fsp3) is 0.531. The number of ether oxygens (including phenoxy) is 2. The second kappa shape index (κ2) is 25.1. The number of phenolic OH excluding ortho intramolecular Hbond substituents is 2. The minimum atomic E-state index is -1.56. The van der Waals surface area contributed by atoms with Gasteiger partial charge >= 0.3 is 0 Å². The topological polar surface area (TPSA) is 255 Å². The Hall–Kier alpha value is -7.00. The van der Waals surface area contributed by atoms with Gasteiger partial charge in [0.05, 0.1) is 29.9 Å². The maximum atomic E-state index is 14.3. The monoisotopic (exact) mass is 1410 g/mol. The minimum Gasteiger partial charge on any atom is -0.508 e. The van der Waals surface area contributed by atoms with Gasteiger partial charge in [0.2, 0.25) is 0 Å². The smallest absolute Gasteiger partial charge is 0.178 e. The molecule has 2 saturated heterocycles. The fourth-order valence-electron chi connectivity index (χ4n) is 22.0. The number of benzene rings is 4. The molecule has 7 N–H and O–H groups in total. The van der Waals surface area contributed by atoms with Crippen molar-refractivity contribution in [2.45, 2.75) is 156 Å². The number of aliphatic hydroxyl groups excluding tert-OH is 2. The molecule has 0 radical (unpaired) electrons. The van der Waals surface area contributed by atoms with E-state index in [0.29, 0.717) is 109 Å². The zero-order valence-corrected chi connectivity index (χ0v) is 61.0. The summed E-state index contributed by atoms with van der Waals surface area (Å²) in [5, 5.41) is 72.3. The molecule has 536 valence electrons. The SMILES string of the molecule is CCC(=O)[C@@]1(O)CC[C@H]2[C@]3(C)CCC4=CC(=O)C=C[C@]4(C)[C@@]3(C)[C@@H](O)C[C@@]21C.C[C@]12[C@@H](O)C[C@@]3(C)[C@@H](CC[C@]3(O)C(=O)CN3CCN(C4=Nc5cc(O)ccc5Oc5ccc(Cl)cc54)CC3)[C@]1(C)CCC1=CC(=O)C=C[C@@]12C.Oc1ccc2c(c1)N=C(N1CCNCC1)c1cc(Cl)ccc1O2. The third kappa shape index (κ3) is 10.6. The first-order valence-corrected chi connectivity index (χ1v) is 37.0. The van der Waals surface area contributed by atoms with Gasteiger partial charge in [0.15, 0.2) is 34.6 Å². The molecule has 0 unspecified atom stereocenters. The summed E-state index contributed by atoms with van der Waals surface area (Å²) in [5.41, 5.74) is -1.89. The average Bonchev–Trinajstić information content (AvgIpc) is 1.66. The van der Waals surface area contributed by atoms with Crippen LogP contribution in [-0.2, 0) is 19.2 Å². The Balaban J connectivity index is 0.000000143. The van der Waals surface area contributed by atoms with Gasteiger partial charge in [-0.1, -0.05) is 109 Å². The molecule has 8 fully saturated rings. The van der Waals surface area contributed by atoms with Crippen LogP contribution in [0.25, 0.3) is 0 Å². The molecule has 0 aromatic heterocycles. The molecule has 4 heterocycles. The summed E-state index contributed by atoms with van der Waals surface area (Å²) in [7, 11) is 0. The number of aromatic hydroxyl groups is 2. The highest BCUT2D eigenvalue weighted by atomic mass is 35.5. The number of hydrogen-bond donors (Lipinski definition) is 7. The van der Waals surface area contributed by atoms with Crippen LogP contribution in [0.2, 0.25) is 10.0 Å². The normalized spacial score (nSPS) is 37.0. The van der Waals surface area contributed by atoms with Crippen LogP contribution in [0.15, 0.2) is 130 Å². The van der Waals surface area contributed by atoms with Gasteiger partial charge in [-0.05, 0) is 172 Å². The number of aliphatic hydroxyl groups is 4. The first kappa shape index (κ1) is 71.0. The number of rotatable bonds is 5. The van der Waals surface area contributed by atoms with Crippen LogP contribution in [0.4, 0.5) is 11.4 Å². The van der Waals surface area contributed by atoms with E-state index in [-0.39, 0.29) is 63.8 Å². The van der Waals surface area contributed by atoms with Crippen LogP contribution in [-0.4, -0.2) is 162 Å². The number of ketones is 4. The zero-order valence-electron chi connectivity index (χ0n) is 59.5. The van der Waals surface area contributed by atoms with E-state index in [1.54, 1.807) is 72.8 Å². The molecule has 0 bridgehead atoms. The largest absolute Gasteiger partial charge is 0.508 e. The lowest BCUT2D eigenvalue weighted by atomic mass is 9.34. The molecule has 4 aliphatic heterocycles. The number of carbonyl (C=O) groups excluding carboxylic acids is 4.